The molecule has 1 saturated carbocycles. The molecule has 10 heteroatoms. The van der Waals surface area contributed by atoms with Crippen LogP contribution < -0.4 is 0 Å². The third kappa shape index (κ3) is 6.89. The van der Waals surface area contributed by atoms with Crippen LogP contribution in [0.15, 0.2) is 53.4 Å². The van der Waals surface area contributed by atoms with Crippen LogP contribution >= 0.6 is 11.6 Å². The van der Waals surface area contributed by atoms with E-state index < -0.39 is 10.0 Å². The maximum absolute atomic E-state index is 13.8. The van der Waals surface area contributed by atoms with Crippen molar-refractivity contribution in [1.29, 1.82) is 0 Å². The first-order valence-electron chi connectivity index (χ1n) is 12.6. The number of amides is 2. The van der Waals surface area contributed by atoms with Crippen LogP contribution in [0.4, 0.5) is 4.39 Å². The van der Waals surface area contributed by atoms with Gasteiger partial charge >= 0.3 is 0 Å². The van der Waals surface area contributed by atoms with Gasteiger partial charge in [0.25, 0.3) is 0 Å². The summed E-state index contributed by atoms with van der Waals surface area (Å²) in [6.07, 6.45) is 2.87. The Morgan fingerprint density at radius 1 is 0.973 bits per heavy atom. The van der Waals surface area contributed by atoms with Gasteiger partial charge in [-0.1, -0.05) is 29.8 Å². The molecule has 0 spiro atoms. The van der Waals surface area contributed by atoms with E-state index in [2.05, 4.69) is 0 Å². The van der Waals surface area contributed by atoms with Crippen LogP contribution in [0.25, 0.3) is 0 Å². The number of alkyl halides is 1. The van der Waals surface area contributed by atoms with E-state index in [1.807, 2.05) is 6.92 Å². The minimum Gasteiger partial charge on any atom is -0.343 e. The predicted molar refractivity (Wildman–Crippen MR) is 140 cm³/mol. The summed E-state index contributed by atoms with van der Waals surface area (Å²) >= 11 is 5.72. The van der Waals surface area contributed by atoms with Gasteiger partial charge in [-0.25, -0.2) is 12.8 Å². The normalized spacial score (nSPS) is 16.7. The highest BCUT2D eigenvalue weighted by atomic mass is 35.5. The molecule has 0 radical (unpaired) electrons. The lowest BCUT2D eigenvalue weighted by atomic mass is 10.0. The van der Waals surface area contributed by atoms with Crippen molar-refractivity contribution in [2.45, 2.75) is 62.6 Å². The Morgan fingerprint density at radius 2 is 1.59 bits per heavy atom. The molecule has 0 unspecified atom stereocenters. The average molecular weight is 550 g/mol. The number of benzene rings is 2. The van der Waals surface area contributed by atoms with Crippen LogP contribution in [0.1, 0.15) is 43.2 Å². The number of nitrogens with zero attached hydrogens (tertiary/aromatic N) is 3. The topological polar surface area (TPSA) is 78.0 Å². The van der Waals surface area contributed by atoms with E-state index in [0.717, 1.165) is 24.0 Å². The molecule has 2 fully saturated rings. The molecule has 1 heterocycles. The van der Waals surface area contributed by atoms with Crippen molar-refractivity contribution in [1.82, 2.24) is 14.1 Å². The van der Waals surface area contributed by atoms with E-state index in [1.54, 1.807) is 46.2 Å². The van der Waals surface area contributed by atoms with Crippen molar-refractivity contribution in [2.24, 2.45) is 0 Å². The van der Waals surface area contributed by atoms with Crippen molar-refractivity contribution in [3.05, 3.63) is 65.5 Å². The number of piperidine rings is 1. The molecular formula is C27H33ClFN3O4S. The number of sulfonamides is 1. The van der Waals surface area contributed by atoms with Crippen molar-refractivity contribution in [3.63, 3.8) is 0 Å². The zero-order chi connectivity index (χ0) is 26.6. The van der Waals surface area contributed by atoms with Gasteiger partial charge in [-0.3, -0.25) is 9.59 Å². The first kappa shape index (κ1) is 27.5. The van der Waals surface area contributed by atoms with E-state index in [1.165, 1.54) is 16.4 Å². The Hall–Kier alpha value is -2.49. The maximum Gasteiger partial charge on any atom is 0.243 e. The second-order valence-corrected chi connectivity index (χ2v) is 12.1. The number of rotatable bonds is 10. The zero-order valence-electron chi connectivity index (χ0n) is 21.0. The summed E-state index contributed by atoms with van der Waals surface area (Å²) in [5, 5.41) is 0. The van der Waals surface area contributed by atoms with Crippen LogP contribution in [0.5, 0.6) is 0 Å². The number of hydrogen-bond donors (Lipinski definition) is 0. The number of carbonyl (C=O) groups is 2. The molecule has 1 saturated heterocycles. The van der Waals surface area contributed by atoms with Gasteiger partial charge in [0.1, 0.15) is 5.82 Å². The SMILES string of the molecule is Cc1ccc(S(=O)(=O)N(CC(=O)N(Cc2ccc(F)cc2)C2CCN(C(=O)CCCl)CC2)C2CC2)cc1. The second kappa shape index (κ2) is 11.9. The lowest BCUT2D eigenvalue weighted by Crippen LogP contribution is -2.51. The van der Waals surface area contributed by atoms with Gasteiger partial charge in [0, 0.05) is 44.0 Å². The monoisotopic (exact) mass is 549 g/mol. The summed E-state index contributed by atoms with van der Waals surface area (Å²) in [7, 11) is -3.85. The summed E-state index contributed by atoms with van der Waals surface area (Å²) < 4.78 is 41.8. The van der Waals surface area contributed by atoms with Crippen LogP contribution in [-0.2, 0) is 26.2 Å². The quantitative estimate of drug-likeness (QED) is 0.421. The number of aryl methyl sites for hydroxylation is 1. The molecule has 200 valence electrons. The molecule has 2 aromatic rings. The molecule has 2 amide bonds. The summed E-state index contributed by atoms with van der Waals surface area (Å²) in [5.41, 5.74) is 1.71. The van der Waals surface area contributed by atoms with Crippen LogP contribution in [0.2, 0.25) is 0 Å². The van der Waals surface area contributed by atoms with Crippen molar-refractivity contribution in [2.75, 3.05) is 25.5 Å². The lowest BCUT2D eigenvalue weighted by molar-refractivity contribution is -0.137. The highest BCUT2D eigenvalue weighted by molar-refractivity contribution is 7.89. The highest BCUT2D eigenvalue weighted by Crippen LogP contribution is 2.32. The Bertz CT molecular complexity index is 1200. The van der Waals surface area contributed by atoms with Crippen molar-refractivity contribution in [3.8, 4) is 0 Å². The summed E-state index contributed by atoms with van der Waals surface area (Å²) in [4.78, 5) is 29.7. The van der Waals surface area contributed by atoms with Crippen LogP contribution in [-0.4, -0.2) is 71.9 Å². The van der Waals surface area contributed by atoms with Gasteiger partial charge in [-0.2, -0.15) is 4.31 Å². The first-order valence-corrected chi connectivity index (χ1v) is 14.6. The van der Waals surface area contributed by atoms with E-state index in [9.17, 15) is 22.4 Å². The molecule has 0 bridgehead atoms. The number of halogens is 2. The summed E-state index contributed by atoms with van der Waals surface area (Å²) in [5.74, 6) is -0.399. The van der Waals surface area contributed by atoms with Crippen molar-refractivity contribution >= 4 is 33.4 Å². The Morgan fingerprint density at radius 3 is 2.16 bits per heavy atom. The Kier molecular flexibility index (Phi) is 8.87. The number of likely N-dealkylation sites (tertiary alicyclic amines) is 1. The molecule has 0 N–H and O–H groups in total. The molecular weight excluding hydrogens is 517 g/mol. The van der Waals surface area contributed by atoms with Gasteiger partial charge in [-0.15, -0.1) is 11.6 Å². The Balaban J connectivity index is 1.54. The maximum atomic E-state index is 13.8. The highest BCUT2D eigenvalue weighted by Gasteiger charge is 2.41. The second-order valence-electron chi connectivity index (χ2n) is 9.79. The Labute approximate surface area is 223 Å². The fourth-order valence-corrected chi connectivity index (χ4v) is 6.51. The molecule has 0 atom stereocenters. The molecule has 1 aliphatic heterocycles. The van der Waals surface area contributed by atoms with Crippen LogP contribution in [0, 0.1) is 12.7 Å². The van der Waals surface area contributed by atoms with E-state index in [0.29, 0.717) is 25.9 Å². The molecule has 1 aliphatic carbocycles. The van der Waals surface area contributed by atoms with Crippen LogP contribution in [0.3, 0.4) is 0 Å². The third-order valence-electron chi connectivity index (χ3n) is 7.03. The summed E-state index contributed by atoms with van der Waals surface area (Å²) in [6, 6.07) is 12.3. The van der Waals surface area contributed by atoms with E-state index >= 15 is 0 Å². The molecule has 37 heavy (non-hydrogen) atoms. The molecule has 4 rings (SSSR count). The molecule has 2 aromatic carbocycles. The summed E-state index contributed by atoms with van der Waals surface area (Å²) in [6.45, 7) is 2.87. The first-order chi connectivity index (χ1) is 17.7. The molecule has 0 aromatic heterocycles. The zero-order valence-corrected chi connectivity index (χ0v) is 22.6. The average Bonchev–Trinajstić information content (AvgIpc) is 3.72. The van der Waals surface area contributed by atoms with E-state index in [4.69, 9.17) is 11.6 Å². The number of carbonyl (C=O) groups excluding carboxylic acids is 2. The smallest absolute Gasteiger partial charge is 0.243 e. The molecule has 7 nitrogen and oxygen atoms in total. The largest absolute Gasteiger partial charge is 0.343 e. The fourth-order valence-electron chi connectivity index (χ4n) is 4.72. The number of hydrogen-bond acceptors (Lipinski definition) is 4. The third-order valence-corrected chi connectivity index (χ3v) is 9.13. The standard InChI is InChI=1S/C27H33ClFN3O4S/c1-20-2-10-25(11-3-20)37(35,36)32(24-8-9-24)19-27(34)31(18-21-4-6-22(29)7-5-21)23-13-16-30(17-14-23)26(33)12-15-28/h2-7,10-11,23-24H,8-9,12-19H2,1H3. The van der Waals surface area contributed by atoms with Gasteiger partial charge in [-0.05, 0) is 62.4 Å². The van der Waals surface area contributed by atoms with Gasteiger partial charge in [0.15, 0.2) is 0 Å². The molecule has 2 aliphatic rings. The van der Waals surface area contributed by atoms with Crippen molar-refractivity contribution < 1.29 is 22.4 Å². The minimum absolute atomic E-state index is 0.00559. The van der Waals surface area contributed by atoms with Gasteiger partial charge in [0.2, 0.25) is 21.8 Å². The predicted octanol–water partition coefficient (Wildman–Crippen LogP) is 3.94. The fraction of sp³-hybridized carbons (Fsp3) is 0.481. The van der Waals surface area contributed by atoms with Gasteiger partial charge < -0.3 is 9.80 Å². The van der Waals surface area contributed by atoms with Gasteiger partial charge in [0.05, 0.1) is 11.4 Å². The minimum atomic E-state index is -3.85. The lowest BCUT2D eigenvalue weighted by Gasteiger charge is -2.39. The van der Waals surface area contributed by atoms with E-state index in [-0.39, 0.29) is 60.0 Å².